The van der Waals surface area contributed by atoms with Crippen molar-refractivity contribution in [3.8, 4) is 11.5 Å². The Morgan fingerprint density at radius 2 is 1.92 bits per heavy atom. The van der Waals surface area contributed by atoms with Gasteiger partial charge < -0.3 is 14.8 Å². The van der Waals surface area contributed by atoms with Crippen LogP contribution >= 0.6 is 31.9 Å². The number of carbonyl (C=O) groups excluding carboxylic acids is 1. The van der Waals surface area contributed by atoms with Crippen molar-refractivity contribution in [2.45, 2.75) is 13.8 Å². The molecule has 0 aliphatic rings. The van der Waals surface area contributed by atoms with Gasteiger partial charge in [0.15, 0.2) is 6.61 Å². The van der Waals surface area contributed by atoms with Gasteiger partial charge >= 0.3 is 0 Å². The van der Waals surface area contributed by atoms with Gasteiger partial charge in [-0.05, 0) is 65.2 Å². The highest BCUT2D eigenvalue weighted by Crippen LogP contribution is 2.32. The minimum absolute atomic E-state index is 0.0854. The molecule has 2 aromatic rings. The second-order valence-electron chi connectivity index (χ2n) is 5.64. The van der Waals surface area contributed by atoms with Crippen LogP contribution in [0, 0.1) is 6.92 Å². The molecule has 0 saturated heterocycles. The smallest absolute Gasteiger partial charge is 0.262 e. The minimum atomic E-state index is -0.244. The topological polar surface area (TPSA) is 47.6 Å². The summed E-state index contributed by atoms with van der Waals surface area (Å²) in [4.78, 5) is 12.1. The van der Waals surface area contributed by atoms with Gasteiger partial charge in [0.05, 0.1) is 4.47 Å². The molecule has 1 amide bonds. The molecule has 25 heavy (non-hydrogen) atoms. The molecule has 0 unspecified atom stereocenters. The maximum atomic E-state index is 12.1. The van der Waals surface area contributed by atoms with Gasteiger partial charge in [0.2, 0.25) is 0 Å². The first-order valence-corrected chi connectivity index (χ1v) is 9.19. The van der Waals surface area contributed by atoms with E-state index >= 15 is 0 Å². The molecule has 0 aliphatic heterocycles. The van der Waals surface area contributed by atoms with Gasteiger partial charge in [-0.2, -0.15) is 0 Å². The third kappa shape index (κ3) is 6.21. The summed E-state index contributed by atoms with van der Waals surface area (Å²) >= 11 is 6.86. The average Bonchev–Trinajstić information content (AvgIpc) is 2.52. The van der Waals surface area contributed by atoms with E-state index in [0.717, 1.165) is 20.1 Å². The van der Waals surface area contributed by atoms with Crippen molar-refractivity contribution in [2.24, 2.45) is 0 Å². The Morgan fingerprint density at radius 3 is 2.60 bits per heavy atom. The van der Waals surface area contributed by atoms with E-state index in [-0.39, 0.29) is 12.5 Å². The third-order valence-corrected chi connectivity index (χ3v) is 4.19. The molecule has 0 aliphatic carbocycles. The predicted molar refractivity (Wildman–Crippen MR) is 107 cm³/mol. The van der Waals surface area contributed by atoms with Crippen molar-refractivity contribution >= 4 is 43.5 Å². The van der Waals surface area contributed by atoms with Crippen molar-refractivity contribution in [2.75, 3.05) is 18.5 Å². The Hall–Kier alpha value is -1.79. The Bertz CT molecular complexity index is 767. The zero-order chi connectivity index (χ0) is 18.4. The lowest BCUT2D eigenvalue weighted by Crippen LogP contribution is -2.20. The van der Waals surface area contributed by atoms with Gasteiger partial charge in [0.25, 0.3) is 5.91 Å². The number of nitrogens with one attached hydrogen (secondary N) is 1. The van der Waals surface area contributed by atoms with Crippen molar-refractivity contribution in [1.29, 1.82) is 0 Å². The van der Waals surface area contributed by atoms with E-state index in [1.165, 1.54) is 0 Å². The maximum Gasteiger partial charge on any atom is 0.262 e. The van der Waals surface area contributed by atoms with E-state index in [4.69, 9.17) is 9.47 Å². The number of rotatable bonds is 7. The lowest BCUT2D eigenvalue weighted by atomic mass is 10.2. The van der Waals surface area contributed by atoms with Crippen LogP contribution in [0.25, 0.3) is 0 Å². The Morgan fingerprint density at radius 1 is 1.16 bits per heavy atom. The SMILES string of the molecule is C=C(C)COc1cccc(NC(=O)COc2c(C)cc(Br)cc2Br)c1. The average molecular weight is 469 g/mol. The lowest BCUT2D eigenvalue weighted by Gasteiger charge is -2.12. The molecule has 0 heterocycles. The number of benzene rings is 2. The van der Waals surface area contributed by atoms with Gasteiger partial charge in [-0.1, -0.05) is 28.6 Å². The molecule has 1 N–H and O–H groups in total. The number of carbonyl (C=O) groups is 1. The maximum absolute atomic E-state index is 12.1. The summed E-state index contributed by atoms with van der Waals surface area (Å²) in [5.74, 6) is 1.08. The molecule has 0 saturated carbocycles. The van der Waals surface area contributed by atoms with Gasteiger partial charge in [-0.3, -0.25) is 4.79 Å². The predicted octanol–water partition coefficient (Wildman–Crippen LogP) is 5.49. The molecule has 0 aromatic heterocycles. The number of anilines is 1. The number of hydrogen-bond acceptors (Lipinski definition) is 3. The Labute approximate surface area is 164 Å². The summed E-state index contributed by atoms with van der Waals surface area (Å²) in [6, 6.07) is 11.0. The van der Waals surface area contributed by atoms with E-state index < -0.39 is 0 Å². The second kappa shape index (κ2) is 9.06. The van der Waals surface area contributed by atoms with E-state index in [1.54, 1.807) is 12.1 Å². The highest BCUT2D eigenvalue weighted by molar-refractivity contribution is 9.11. The molecule has 0 atom stereocenters. The fraction of sp³-hybridized carbons (Fsp3) is 0.211. The molecule has 0 spiro atoms. The quantitative estimate of drug-likeness (QED) is 0.546. The minimum Gasteiger partial charge on any atom is -0.489 e. The standard InChI is InChI=1S/C19H19Br2NO3/c1-12(2)10-24-16-6-4-5-15(9-16)22-18(23)11-25-19-13(3)7-14(20)8-17(19)21/h4-9H,1,10-11H2,2-3H3,(H,22,23). The van der Waals surface area contributed by atoms with Crippen LogP contribution in [0.5, 0.6) is 11.5 Å². The van der Waals surface area contributed by atoms with E-state index in [2.05, 4.69) is 43.8 Å². The van der Waals surface area contributed by atoms with Crippen LogP contribution in [0.1, 0.15) is 12.5 Å². The number of amides is 1. The number of aryl methyl sites for hydroxylation is 1. The van der Waals surface area contributed by atoms with Crippen LogP contribution in [0.15, 0.2) is 57.5 Å². The van der Waals surface area contributed by atoms with Gasteiger partial charge in [0.1, 0.15) is 18.1 Å². The molecule has 0 radical (unpaired) electrons. The summed E-state index contributed by atoms with van der Waals surface area (Å²) in [6.07, 6.45) is 0. The highest BCUT2D eigenvalue weighted by atomic mass is 79.9. The number of ether oxygens (including phenoxy) is 2. The number of halogens is 2. The molecule has 2 aromatic carbocycles. The Balaban J connectivity index is 1.94. The first-order chi connectivity index (χ1) is 11.8. The molecule has 6 heteroatoms. The van der Waals surface area contributed by atoms with E-state index in [0.29, 0.717) is 23.8 Å². The highest BCUT2D eigenvalue weighted by Gasteiger charge is 2.10. The van der Waals surface area contributed by atoms with Crippen LogP contribution in [0.2, 0.25) is 0 Å². The van der Waals surface area contributed by atoms with E-state index in [9.17, 15) is 4.79 Å². The molecular formula is C19H19Br2NO3. The molecule has 132 valence electrons. The molecular weight excluding hydrogens is 450 g/mol. The van der Waals surface area contributed by atoms with E-state index in [1.807, 2.05) is 38.1 Å². The largest absolute Gasteiger partial charge is 0.489 e. The molecule has 0 fully saturated rings. The fourth-order valence-electron chi connectivity index (χ4n) is 2.08. The third-order valence-electron chi connectivity index (χ3n) is 3.14. The van der Waals surface area contributed by atoms with Crippen LogP contribution in [-0.2, 0) is 4.79 Å². The number of hydrogen-bond donors (Lipinski definition) is 1. The van der Waals surface area contributed by atoms with Crippen LogP contribution < -0.4 is 14.8 Å². The van der Waals surface area contributed by atoms with Crippen molar-refractivity contribution in [1.82, 2.24) is 0 Å². The van der Waals surface area contributed by atoms with Crippen LogP contribution in [-0.4, -0.2) is 19.1 Å². The summed E-state index contributed by atoms with van der Waals surface area (Å²) in [7, 11) is 0. The summed E-state index contributed by atoms with van der Waals surface area (Å²) in [5.41, 5.74) is 2.52. The zero-order valence-corrected chi connectivity index (χ0v) is 17.2. The lowest BCUT2D eigenvalue weighted by molar-refractivity contribution is -0.118. The monoisotopic (exact) mass is 467 g/mol. The first-order valence-electron chi connectivity index (χ1n) is 7.60. The van der Waals surface area contributed by atoms with Crippen LogP contribution in [0.3, 0.4) is 0 Å². The van der Waals surface area contributed by atoms with Crippen LogP contribution in [0.4, 0.5) is 5.69 Å². The summed E-state index contributed by atoms with van der Waals surface area (Å²) in [6.45, 7) is 7.97. The van der Waals surface area contributed by atoms with Crippen molar-refractivity contribution in [3.63, 3.8) is 0 Å². The second-order valence-corrected chi connectivity index (χ2v) is 7.41. The molecule has 2 rings (SSSR count). The van der Waals surface area contributed by atoms with Gasteiger partial charge in [-0.25, -0.2) is 0 Å². The first kappa shape index (κ1) is 19.5. The normalized spacial score (nSPS) is 10.2. The van der Waals surface area contributed by atoms with Crippen molar-refractivity contribution in [3.05, 3.63) is 63.1 Å². The zero-order valence-electron chi connectivity index (χ0n) is 14.1. The molecule has 4 nitrogen and oxygen atoms in total. The molecule has 0 bridgehead atoms. The fourth-order valence-corrected chi connectivity index (χ4v) is 3.63. The van der Waals surface area contributed by atoms with Crippen molar-refractivity contribution < 1.29 is 14.3 Å². The summed E-state index contributed by atoms with van der Waals surface area (Å²) in [5, 5.41) is 2.80. The van der Waals surface area contributed by atoms with Gasteiger partial charge in [0, 0.05) is 16.2 Å². The Kier molecular flexibility index (Phi) is 7.08. The summed E-state index contributed by atoms with van der Waals surface area (Å²) < 4.78 is 13.0. The van der Waals surface area contributed by atoms with Gasteiger partial charge in [-0.15, -0.1) is 0 Å².